The van der Waals surface area contributed by atoms with Gasteiger partial charge in [-0.25, -0.2) is 0 Å². The van der Waals surface area contributed by atoms with Gasteiger partial charge in [-0.05, 0) is 30.1 Å². The first-order chi connectivity index (χ1) is 9.26. The molecule has 1 atom stereocenters. The van der Waals surface area contributed by atoms with Gasteiger partial charge in [-0.15, -0.1) is 0 Å². The standard InChI is InChI=1S/C16H26N2S/c1-3-5-9-14(4-2)12-17-16(19)18-13-15-10-7-6-8-11-15/h6-8,10-11,14H,3-5,9,12-13H2,1-2H3,(H2,17,18,19). The first-order valence-electron chi connectivity index (χ1n) is 7.31. The highest BCUT2D eigenvalue weighted by molar-refractivity contribution is 7.80. The molecule has 0 bridgehead atoms. The van der Waals surface area contributed by atoms with Gasteiger partial charge >= 0.3 is 0 Å². The van der Waals surface area contributed by atoms with E-state index < -0.39 is 0 Å². The highest BCUT2D eigenvalue weighted by Gasteiger charge is 2.06. The first-order valence-corrected chi connectivity index (χ1v) is 7.72. The van der Waals surface area contributed by atoms with Gasteiger partial charge in [-0.2, -0.15) is 0 Å². The molecule has 19 heavy (non-hydrogen) atoms. The van der Waals surface area contributed by atoms with Gasteiger partial charge in [0.1, 0.15) is 0 Å². The predicted octanol–water partition coefficient (Wildman–Crippen LogP) is 3.87. The molecule has 0 spiro atoms. The van der Waals surface area contributed by atoms with E-state index in [0.717, 1.165) is 24.1 Å². The lowest BCUT2D eigenvalue weighted by atomic mass is 9.99. The molecule has 1 aromatic rings. The van der Waals surface area contributed by atoms with Gasteiger partial charge in [-0.1, -0.05) is 63.4 Å². The van der Waals surface area contributed by atoms with Crippen molar-refractivity contribution in [1.29, 1.82) is 0 Å². The number of nitrogens with one attached hydrogen (secondary N) is 2. The number of rotatable bonds is 8. The maximum Gasteiger partial charge on any atom is 0.166 e. The van der Waals surface area contributed by atoms with E-state index in [1.807, 2.05) is 18.2 Å². The van der Waals surface area contributed by atoms with E-state index in [1.54, 1.807) is 0 Å². The predicted molar refractivity (Wildman–Crippen MR) is 87.2 cm³/mol. The van der Waals surface area contributed by atoms with E-state index in [9.17, 15) is 0 Å². The second kappa shape index (κ2) is 9.79. The monoisotopic (exact) mass is 278 g/mol. The number of hydrogen-bond donors (Lipinski definition) is 2. The molecule has 0 fully saturated rings. The number of benzene rings is 1. The van der Waals surface area contributed by atoms with Crippen LogP contribution >= 0.6 is 12.2 Å². The van der Waals surface area contributed by atoms with E-state index in [0.29, 0.717) is 0 Å². The van der Waals surface area contributed by atoms with Crippen LogP contribution in [0.15, 0.2) is 30.3 Å². The molecule has 0 aliphatic heterocycles. The minimum Gasteiger partial charge on any atom is -0.362 e. The molecule has 1 rings (SSSR count). The molecule has 0 aliphatic carbocycles. The Hall–Kier alpha value is -1.09. The molecular formula is C16H26N2S. The van der Waals surface area contributed by atoms with Crippen molar-refractivity contribution in [3.8, 4) is 0 Å². The SMILES string of the molecule is CCCCC(CC)CNC(=S)NCc1ccccc1. The average Bonchev–Trinajstić information content (AvgIpc) is 2.46. The van der Waals surface area contributed by atoms with E-state index in [4.69, 9.17) is 12.2 Å². The van der Waals surface area contributed by atoms with Crippen molar-refractivity contribution >= 4 is 17.3 Å². The Morgan fingerprint density at radius 1 is 1.16 bits per heavy atom. The lowest BCUT2D eigenvalue weighted by molar-refractivity contribution is 0.445. The number of unbranched alkanes of at least 4 members (excludes halogenated alkanes) is 1. The van der Waals surface area contributed by atoms with Crippen molar-refractivity contribution in [2.75, 3.05) is 6.54 Å². The van der Waals surface area contributed by atoms with Gasteiger partial charge < -0.3 is 10.6 Å². The molecule has 0 aromatic heterocycles. The minimum absolute atomic E-state index is 0.733. The Bertz CT molecular complexity index is 351. The van der Waals surface area contributed by atoms with Gasteiger partial charge in [-0.3, -0.25) is 0 Å². The van der Waals surface area contributed by atoms with Crippen molar-refractivity contribution in [2.24, 2.45) is 5.92 Å². The van der Waals surface area contributed by atoms with Crippen LogP contribution in [0.2, 0.25) is 0 Å². The fraction of sp³-hybridized carbons (Fsp3) is 0.562. The zero-order valence-electron chi connectivity index (χ0n) is 12.1. The molecule has 2 N–H and O–H groups in total. The van der Waals surface area contributed by atoms with E-state index in [1.165, 1.54) is 31.2 Å². The van der Waals surface area contributed by atoms with Gasteiger partial charge in [0.2, 0.25) is 0 Å². The lowest BCUT2D eigenvalue weighted by Gasteiger charge is -2.17. The Kier molecular flexibility index (Phi) is 8.23. The molecular weight excluding hydrogens is 252 g/mol. The van der Waals surface area contributed by atoms with E-state index in [-0.39, 0.29) is 0 Å². The first kappa shape index (κ1) is 16.0. The van der Waals surface area contributed by atoms with Crippen molar-refractivity contribution in [3.05, 3.63) is 35.9 Å². The smallest absolute Gasteiger partial charge is 0.166 e. The Balaban J connectivity index is 2.20. The summed E-state index contributed by atoms with van der Waals surface area (Å²) in [6.07, 6.45) is 5.09. The Morgan fingerprint density at radius 2 is 1.89 bits per heavy atom. The second-order valence-electron chi connectivity index (χ2n) is 4.97. The molecule has 0 amide bonds. The molecule has 1 unspecified atom stereocenters. The summed E-state index contributed by atoms with van der Waals surface area (Å²) in [5.74, 6) is 0.733. The summed E-state index contributed by atoms with van der Waals surface area (Å²) >= 11 is 5.31. The van der Waals surface area contributed by atoms with Gasteiger partial charge in [0.05, 0.1) is 0 Å². The summed E-state index contributed by atoms with van der Waals surface area (Å²) in [7, 11) is 0. The second-order valence-corrected chi connectivity index (χ2v) is 5.37. The maximum absolute atomic E-state index is 5.31. The Morgan fingerprint density at radius 3 is 2.53 bits per heavy atom. The van der Waals surface area contributed by atoms with Crippen LogP contribution in [-0.4, -0.2) is 11.7 Å². The molecule has 0 saturated carbocycles. The summed E-state index contributed by atoms with van der Waals surface area (Å²) < 4.78 is 0. The fourth-order valence-corrected chi connectivity index (χ4v) is 2.18. The van der Waals surface area contributed by atoms with Gasteiger partial charge in [0, 0.05) is 13.1 Å². The van der Waals surface area contributed by atoms with Crippen LogP contribution < -0.4 is 10.6 Å². The van der Waals surface area contributed by atoms with Gasteiger partial charge in [0.15, 0.2) is 5.11 Å². The quantitative estimate of drug-likeness (QED) is 0.706. The van der Waals surface area contributed by atoms with Crippen molar-refractivity contribution < 1.29 is 0 Å². The summed E-state index contributed by atoms with van der Waals surface area (Å²) in [6.45, 7) is 6.27. The highest BCUT2D eigenvalue weighted by Crippen LogP contribution is 2.11. The molecule has 0 saturated heterocycles. The third-order valence-corrected chi connectivity index (χ3v) is 3.68. The van der Waals surface area contributed by atoms with Crippen LogP contribution in [0.4, 0.5) is 0 Å². The van der Waals surface area contributed by atoms with E-state index >= 15 is 0 Å². The van der Waals surface area contributed by atoms with E-state index in [2.05, 4.69) is 36.6 Å². The lowest BCUT2D eigenvalue weighted by Crippen LogP contribution is -2.37. The average molecular weight is 278 g/mol. The van der Waals surface area contributed by atoms with Crippen LogP contribution in [0.25, 0.3) is 0 Å². The molecule has 0 aliphatic rings. The summed E-state index contributed by atoms with van der Waals surface area (Å²) in [6, 6.07) is 10.3. The van der Waals surface area contributed by atoms with Crippen molar-refractivity contribution in [3.63, 3.8) is 0 Å². The van der Waals surface area contributed by atoms with Crippen LogP contribution in [0.5, 0.6) is 0 Å². The normalized spacial score (nSPS) is 11.9. The summed E-state index contributed by atoms with van der Waals surface area (Å²) in [5.41, 5.74) is 1.25. The topological polar surface area (TPSA) is 24.1 Å². The molecule has 1 aromatic carbocycles. The molecule has 0 radical (unpaired) electrons. The zero-order chi connectivity index (χ0) is 13.9. The van der Waals surface area contributed by atoms with Crippen LogP contribution in [0, 0.1) is 5.92 Å². The molecule has 3 heteroatoms. The Labute approximate surface area is 123 Å². The molecule has 106 valence electrons. The van der Waals surface area contributed by atoms with Crippen molar-refractivity contribution in [1.82, 2.24) is 10.6 Å². The van der Waals surface area contributed by atoms with Crippen LogP contribution in [0.3, 0.4) is 0 Å². The van der Waals surface area contributed by atoms with Gasteiger partial charge in [0.25, 0.3) is 0 Å². The maximum atomic E-state index is 5.31. The number of hydrogen-bond acceptors (Lipinski definition) is 1. The summed E-state index contributed by atoms with van der Waals surface area (Å²) in [4.78, 5) is 0. The molecule has 2 nitrogen and oxygen atoms in total. The highest BCUT2D eigenvalue weighted by atomic mass is 32.1. The third kappa shape index (κ3) is 7.16. The largest absolute Gasteiger partial charge is 0.362 e. The van der Waals surface area contributed by atoms with Crippen molar-refractivity contribution in [2.45, 2.75) is 46.1 Å². The molecule has 0 heterocycles. The summed E-state index contributed by atoms with van der Waals surface area (Å²) in [5, 5.41) is 7.35. The van der Waals surface area contributed by atoms with Crippen LogP contribution in [-0.2, 0) is 6.54 Å². The van der Waals surface area contributed by atoms with Crippen LogP contribution in [0.1, 0.15) is 45.1 Å². The minimum atomic E-state index is 0.733. The third-order valence-electron chi connectivity index (χ3n) is 3.39. The fourth-order valence-electron chi connectivity index (χ4n) is 2.02. The number of thiocarbonyl (C=S) groups is 1. The zero-order valence-corrected chi connectivity index (χ0v) is 12.9.